The van der Waals surface area contributed by atoms with Crippen molar-refractivity contribution in [1.82, 2.24) is 4.98 Å². The lowest BCUT2D eigenvalue weighted by molar-refractivity contribution is -0.136. The number of hydrogen-bond acceptors (Lipinski definition) is 5. The van der Waals surface area contributed by atoms with Crippen molar-refractivity contribution < 1.29 is 13.9 Å². The quantitative estimate of drug-likeness (QED) is 0.733. The first-order valence-electron chi connectivity index (χ1n) is 3.90. The average Bonchev–Trinajstić information content (AvgIpc) is 2.72. The van der Waals surface area contributed by atoms with Gasteiger partial charge in [-0.1, -0.05) is 0 Å². The summed E-state index contributed by atoms with van der Waals surface area (Å²) in [5.74, 6) is -0.396. The molecule has 2 heterocycles. The predicted octanol–water partition coefficient (Wildman–Crippen LogP) is 0.824. The SMILES string of the molecule is CC1(c2coc(CN)n2)OC=CO1. The van der Waals surface area contributed by atoms with Crippen LogP contribution in [0.25, 0.3) is 0 Å². The van der Waals surface area contributed by atoms with Crippen molar-refractivity contribution in [3.63, 3.8) is 0 Å². The number of oxazole rings is 1. The molecule has 1 aliphatic rings. The van der Waals surface area contributed by atoms with E-state index in [4.69, 9.17) is 19.6 Å². The van der Waals surface area contributed by atoms with E-state index in [9.17, 15) is 0 Å². The van der Waals surface area contributed by atoms with Gasteiger partial charge in [-0.3, -0.25) is 0 Å². The second-order valence-electron chi connectivity index (χ2n) is 2.78. The number of rotatable bonds is 2. The standard InChI is InChI=1S/C8H10N2O3/c1-8(12-2-3-13-8)6-5-11-7(4-9)10-6/h2-3,5H,4,9H2,1H3. The van der Waals surface area contributed by atoms with Gasteiger partial charge < -0.3 is 19.6 Å². The first-order valence-corrected chi connectivity index (χ1v) is 3.90. The molecule has 0 atom stereocenters. The van der Waals surface area contributed by atoms with Crippen LogP contribution >= 0.6 is 0 Å². The Balaban J connectivity index is 2.24. The number of nitrogens with two attached hydrogens (primary N) is 1. The maximum absolute atomic E-state index is 5.35. The minimum atomic E-state index is -0.864. The van der Waals surface area contributed by atoms with Gasteiger partial charge in [-0.25, -0.2) is 4.98 Å². The highest BCUT2D eigenvalue weighted by Crippen LogP contribution is 2.30. The van der Waals surface area contributed by atoms with Gasteiger partial charge in [-0.05, 0) is 0 Å². The van der Waals surface area contributed by atoms with E-state index >= 15 is 0 Å². The van der Waals surface area contributed by atoms with Crippen molar-refractivity contribution in [3.05, 3.63) is 30.4 Å². The van der Waals surface area contributed by atoms with E-state index in [1.807, 2.05) is 0 Å². The van der Waals surface area contributed by atoms with Crippen LogP contribution in [0, 0.1) is 0 Å². The third-order valence-electron chi connectivity index (χ3n) is 1.83. The summed E-state index contributed by atoms with van der Waals surface area (Å²) in [6.45, 7) is 2.02. The molecule has 0 aromatic carbocycles. The smallest absolute Gasteiger partial charge is 0.294 e. The van der Waals surface area contributed by atoms with E-state index in [1.165, 1.54) is 18.8 Å². The number of hydrogen-bond donors (Lipinski definition) is 1. The number of aromatic nitrogens is 1. The highest BCUT2D eigenvalue weighted by atomic mass is 16.7. The molecule has 0 saturated heterocycles. The molecule has 0 saturated carbocycles. The molecule has 0 bridgehead atoms. The van der Waals surface area contributed by atoms with Gasteiger partial charge in [-0.15, -0.1) is 0 Å². The van der Waals surface area contributed by atoms with Crippen LogP contribution in [-0.2, 0) is 21.8 Å². The average molecular weight is 182 g/mol. The van der Waals surface area contributed by atoms with Gasteiger partial charge in [0.25, 0.3) is 5.79 Å². The lowest BCUT2D eigenvalue weighted by Crippen LogP contribution is -2.22. The van der Waals surface area contributed by atoms with Crippen molar-refractivity contribution in [3.8, 4) is 0 Å². The third kappa shape index (κ3) is 1.27. The Bertz CT molecular complexity index is 324. The summed E-state index contributed by atoms with van der Waals surface area (Å²) in [6, 6.07) is 0. The topological polar surface area (TPSA) is 70.5 Å². The second-order valence-corrected chi connectivity index (χ2v) is 2.78. The molecule has 5 heteroatoms. The molecule has 13 heavy (non-hydrogen) atoms. The van der Waals surface area contributed by atoms with Gasteiger partial charge in [0.05, 0.1) is 6.54 Å². The molecular weight excluding hydrogens is 172 g/mol. The van der Waals surface area contributed by atoms with E-state index in [0.29, 0.717) is 11.6 Å². The molecule has 0 unspecified atom stereocenters. The molecule has 0 radical (unpaired) electrons. The van der Waals surface area contributed by atoms with Crippen LogP contribution in [0.2, 0.25) is 0 Å². The molecule has 1 aromatic heterocycles. The molecule has 0 fully saturated rings. The third-order valence-corrected chi connectivity index (χ3v) is 1.83. The Labute approximate surface area is 75.1 Å². The van der Waals surface area contributed by atoms with Crippen LogP contribution in [0.5, 0.6) is 0 Å². The van der Waals surface area contributed by atoms with Crippen LogP contribution < -0.4 is 5.73 Å². The number of nitrogens with zero attached hydrogens (tertiary/aromatic N) is 1. The molecule has 1 aliphatic heterocycles. The monoisotopic (exact) mass is 182 g/mol. The van der Waals surface area contributed by atoms with Crippen LogP contribution in [-0.4, -0.2) is 4.98 Å². The minimum absolute atomic E-state index is 0.267. The first kappa shape index (κ1) is 8.12. The maximum Gasteiger partial charge on any atom is 0.294 e. The molecule has 5 nitrogen and oxygen atoms in total. The van der Waals surface area contributed by atoms with Crippen LogP contribution in [0.1, 0.15) is 18.5 Å². The zero-order valence-electron chi connectivity index (χ0n) is 7.19. The van der Waals surface area contributed by atoms with Crippen molar-refractivity contribution >= 4 is 0 Å². The summed E-state index contributed by atoms with van der Waals surface area (Å²) in [7, 11) is 0. The Morgan fingerprint density at radius 1 is 1.46 bits per heavy atom. The molecular formula is C8H10N2O3. The fraction of sp³-hybridized carbons (Fsp3) is 0.375. The highest BCUT2D eigenvalue weighted by molar-refractivity contribution is 5.06. The Hall–Kier alpha value is -1.49. The van der Waals surface area contributed by atoms with Gasteiger partial charge in [0.15, 0.2) is 5.69 Å². The van der Waals surface area contributed by atoms with Crippen molar-refractivity contribution in [2.75, 3.05) is 0 Å². The van der Waals surface area contributed by atoms with Crippen molar-refractivity contribution in [2.24, 2.45) is 5.73 Å². The minimum Gasteiger partial charge on any atom is -0.451 e. The summed E-state index contributed by atoms with van der Waals surface area (Å²) in [6.07, 6.45) is 4.42. The van der Waals surface area contributed by atoms with Crippen LogP contribution in [0.15, 0.2) is 23.2 Å². The first-order chi connectivity index (χ1) is 6.24. The Morgan fingerprint density at radius 3 is 2.69 bits per heavy atom. The summed E-state index contributed by atoms with van der Waals surface area (Å²) >= 11 is 0. The molecule has 2 rings (SSSR count). The maximum atomic E-state index is 5.35. The van der Waals surface area contributed by atoms with Gasteiger partial charge in [0, 0.05) is 6.92 Å². The zero-order valence-corrected chi connectivity index (χ0v) is 7.19. The van der Waals surface area contributed by atoms with Crippen molar-refractivity contribution in [1.29, 1.82) is 0 Å². The van der Waals surface area contributed by atoms with Gasteiger partial charge in [-0.2, -0.15) is 0 Å². The highest BCUT2D eigenvalue weighted by Gasteiger charge is 2.35. The largest absolute Gasteiger partial charge is 0.451 e. The molecule has 0 spiro atoms. The van der Waals surface area contributed by atoms with Crippen molar-refractivity contribution in [2.45, 2.75) is 19.3 Å². The molecule has 70 valence electrons. The fourth-order valence-corrected chi connectivity index (χ4v) is 1.08. The second kappa shape index (κ2) is 2.77. The zero-order chi connectivity index (χ0) is 9.31. The fourth-order valence-electron chi connectivity index (χ4n) is 1.08. The lowest BCUT2D eigenvalue weighted by Gasteiger charge is -2.19. The molecule has 0 aliphatic carbocycles. The van der Waals surface area contributed by atoms with Gasteiger partial charge >= 0.3 is 0 Å². The van der Waals surface area contributed by atoms with Crippen LogP contribution in [0.3, 0.4) is 0 Å². The van der Waals surface area contributed by atoms with E-state index in [-0.39, 0.29) is 6.54 Å². The molecule has 2 N–H and O–H groups in total. The van der Waals surface area contributed by atoms with Gasteiger partial charge in [0.1, 0.15) is 18.8 Å². The van der Waals surface area contributed by atoms with Gasteiger partial charge in [0.2, 0.25) is 5.89 Å². The van der Waals surface area contributed by atoms with E-state index in [0.717, 1.165) is 0 Å². The summed E-state index contributed by atoms with van der Waals surface area (Å²) in [4.78, 5) is 4.10. The predicted molar refractivity (Wildman–Crippen MR) is 43.1 cm³/mol. The number of ether oxygens (including phenoxy) is 2. The van der Waals surface area contributed by atoms with Crippen LogP contribution in [0.4, 0.5) is 0 Å². The lowest BCUT2D eigenvalue weighted by atomic mass is 10.2. The summed E-state index contributed by atoms with van der Waals surface area (Å²) in [5, 5.41) is 0. The summed E-state index contributed by atoms with van der Waals surface area (Å²) in [5.41, 5.74) is 5.93. The van der Waals surface area contributed by atoms with E-state index in [2.05, 4.69) is 4.98 Å². The molecule has 1 aromatic rings. The Kier molecular flexibility index (Phi) is 1.73. The normalized spacial score (nSPS) is 18.3. The van der Waals surface area contributed by atoms with E-state index < -0.39 is 5.79 Å². The Morgan fingerprint density at radius 2 is 2.15 bits per heavy atom. The molecule has 0 amide bonds. The van der Waals surface area contributed by atoms with E-state index in [1.54, 1.807) is 6.92 Å². The summed E-state index contributed by atoms with van der Waals surface area (Å²) < 4.78 is 15.5.